The van der Waals surface area contributed by atoms with Crippen LogP contribution in [0.3, 0.4) is 0 Å². The van der Waals surface area contributed by atoms with Gasteiger partial charge >= 0.3 is 5.97 Å². The second kappa shape index (κ2) is 6.70. The number of esters is 1. The Balaban J connectivity index is 1.55. The van der Waals surface area contributed by atoms with Crippen molar-refractivity contribution >= 4 is 11.8 Å². The van der Waals surface area contributed by atoms with Crippen molar-refractivity contribution in [2.45, 2.75) is 64.8 Å². The van der Waals surface area contributed by atoms with Crippen molar-refractivity contribution in [2.24, 2.45) is 28.1 Å². The summed E-state index contributed by atoms with van der Waals surface area (Å²) in [7, 11) is 1.45. The molecule has 3 fully saturated rings. The molecule has 1 aromatic heterocycles. The van der Waals surface area contributed by atoms with Gasteiger partial charge in [-0.05, 0) is 54.9 Å². The Bertz CT molecular complexity index is 1080. The van der Waals surface area contributed by atoms with Gasteiger partial charge in [0.05, 0.1) is 56.4 Å². The highest BCUT2D eigenvalue weighted by Gasteiger charge is 2.74. The molecule has 1 saturated carbocycles. The Morgan fingerprint density at radius 3 is 2.76 bits per heavy atom. The van der Waals surface area contributed by atoms with Crippen LogP contribution in [0.15, 0.2) is 46.3 Å². The van der Waals surface area contributed by atoms with Gasteiger partial charge in [0.1, 0.15) is 0 Å². The zero-order valence-corrected chi connectivity index (χ0v) is 19.9. The molecule has 3 heterocycles. The quantitative estimate of drug-likeness (QED) is 0.505. The maximum Gasteiger partial charge on any atom is 0.305 e. The maximum atomic E-state index is 13.0. The second-order valence-electron chi connectivity index (χ2n) is 11.3. The minimum Gasteiger partial charge on any atom is -0.472 e. The fraction of sp³-hybridized carbons (Fsp3) is 0.630. The molecule has 0 N–H and O–H groups in total. The fourth-order valence-corrected chi connectivity index (χ4v) is 8.54. The highest BCUT2D eigenvalue weighted by Crippen LogP contribution is 2.71. The lowest BCUT2D eigenvalue weighted by Gasteiger charge is -2.60. The Kier molecular flexibility index (Phi) is 4.33. The summed E-state index contributed by atoms with van der Waals surface area (Å²) in [4.78, 5) is 25.8. The first kappa shape index (κ1) is 21.4. The number of hydrogen-bond acceptors (Lipinski definition) is 6. The van der Waals surface area contributed by atoms with Crippen LogP contribution in [0, 0.1) is 28.1 Å². The lowest BCUT2D eigenvalue weighted by Crippen LogP contribution is -2.64. The predicted octanol–water partition coefficient (Wildman–Crippen LogP) is 4.22. The van der Waals surface area contributed by atoms with Gasteiger partial charge < -0.3 is 18.6 Å². The van der Waals surface area contributed by atoms with E-state index in [0.29, 0.717) is 6.61 Å². The summed E-state index contributed by atoms with van der Waals surface area (Å²) < 4.78 is 23.8. The van der Waals surface area contributed by atoms with Gasteiger partial charge in [-0.15, -0.1) is 0 Å². The third-order valence-electron chi connectivity index (χ3n) is 9.94. The fourth-order valence-electron chi connectivity index (χ4n) is 8.54. The van der Waals surface area contributed by atoms with Gasteiger partial charge in [0.25, 0.3) is 0 Å². The number of carbonyl (C=O) groups excluding carboxylic acids is 2. The SMILES string of the molecule is COC(=O)C[C@H]1[C@]2(C)C3=C(C)[C@H](c4ccoc4)C[C@H]3O[C@@H]2[C@@H]2OC[C@]3(C)C(=O)C=C[C@@]1(C)C23. The van der Waals surface area contributed by atoms with E-state index in [1.807, 2.05) is 19.3 Å². The van der Waals surface area contributed by atoms with Gasteiger partial charge in [0, 0.05) is 17.3 Å². The highest BCUT2D eigenvalue weighted by atomic mass is 16.6. The third kappa shape index (κ3) is 2.46. The molecule has 5 aliphatic rings. The zero-order valence-electron chi connectivity index (χ0n) is 19.9. The van der Waals surface area contributed by atoms with Crippen LogP contribution >= 0.6 is 0 Å². The van der Waals surface area contributed by atoms with Crippen molar-refractivity contribution in [3.63, 3.8) is 0 Å². The normalized spacial score (nSPS) is 47.5. The molecule has 6 nitrogen and oxygen atoms in total. The molecule has 0 amide bonds. The first-order valence-corrected chi connectivity index (χ1v) is 12.0. The monoisotopic (exact) mass is 452 g/mol. The number of fused-ring (bicyclic) bond motifs is 4. The molecule has 6 rings (SSSR count). The summed E-state index contributed by atoms with van der Waals surface area (Å²) in [6.07, 6.45) is 8.05. The summed E-state index contributed by atoms with van der Waals surface area (Å²) in [6.45, 7) is 9.08. The molecule has 0 radical (unpaired) electrons. The number of rotatable bonds is 3. The molecule has 0 spiro atoms. The van der Waals surface area contributed by atoms with E-state index in [0.717, 1.165) is 12.0 Å². The van der Waals surface area contributed by atoms with E-state index in [1.165, 1.54) is 18.3 Å². The van der Waals surface area contributed by atoms with Crippen LogP contribution in [0.1, 0.15) is 52.0 Å². The second-order valence-corrected chi connectivity index (χ2v) is 11.3. The topological polar surface area (TPSA) is 75.0 Å². The lowest BCUT2D eigenvalue weighted by molar-refractivity contribution is -0.177. The maximum absolute atomic E-state index is 13.0. The van der Waals surface area contributed by atoms with E-state index in [2.05, 4.69) is 26.8 Å². The van der Waals surface area contributed by atoms with E-state index < -0.39 is 16.2 Å². The first-order valence-electron chi connectivity index (χ1n) is 12.0. The largest absolute Gasteiger partial charge is 0.472 e. The average Bonchev–Trinajstić information content (AvgIpc) is 3.54. The Hall–Kier alpha value is -2.18. The van der Waals surface area contributed by atoms with Crippen molar-refractivity contribution < 1.29 is 28.2 Å². The zero-order chi connectivity index (χ0) is 23.3. The van der Waals surface area contributed by atoms with E-state index in [9.17, 15) is 9.59 Å². The van der Waals surface area contributed by atoms with Gasteiger partial charge in [-0.1, -0.05) is 25.5 Å². The molecule has 6 heteroatoms. The molecule has 1 aromatic rings. The standard InChI is InChI=1S/C27H32O6/c1-14-16(15-7-9-31-12-15)10-17-21(14)27(4)18(11-20(29)30-5)25(2)8-6-19(28)26(3)13-32-22(23(25)26)24(27)33-17/h6-9,12,16-18,22-24H,10-11,13H2,1-5H3/t16-,17-,18-,22-,23?,24-,25-,26-,27-/m1/s1. The predicted molar refractivity (Wildman–Crippen MR) is 119 cm³/mol. The number of carbonyl (C=O) groups is 2. The van der Waals surface area contributed by atoms with Gasteiger partial charge in [0.15, 0.2) is 5.78 Å². The van der Waals surface area contributed by atoms with E-state index >= 15 is 0 Å². The highest BCUT2D eigenvalue weighted by molar-refractivity contribution is 5.96. The van der Waals surface area contributed by atoms with Gasteiger partial charge in [-0.3, -0.25) is 9.59 Å². The number of hydrogen-bond donors (Lipinski definition) is 0. The summed E-state index contributed by atoms with van der Waals surface area (Å²) >= 11 is 0. The molecular weight excluding hydrogens is 420 g/mol. The Labute approximate surface area is 194 Å². The van der Waals surface area contributed by atoms with Crippen molar-refractivity contribution in [3.05, 3.63) is 47.5 Å². The number of ether oxygens (including phenoxy) is 3. The van der Waals surface area contributed by atoms with Crippen molar-refractivity contribution in [1.29, 1.82) is 0 Å². The Morgan fingerprint density at radius 1 is 1.27 bits per heavy atom. The van der Waals surface area contributed by atoms with Crippen molar-refractivity contribution in [1.82, 2.24) is 0 Å². The molecule has 33 heavy (non-hydrogen) atoms. The van der Waals surface area contributed by atoms with Crippen LogP contribution in [-0.2, 0) is 23.8 Å². The molecular formula is C27H32O6. The minimum absolute atomic E-state index is 0.0288. The number of ketones is 1. The van der Waals surface area contributed by atoms with Crippen LogP contribution in [0.5, 0.6) is 0 Å². The van der Waals surface area contributed by atoms with Gasteiger partial charge in [0.2, 0.25) is 0 Å². The number of methoxy groups -OCH3 is 1. The van der Waals surface area contributed by atoms with Crippen LogP contribution in [0.25, 0.3) is 0 Å². The molecule has 1 unspecified atom stereocenters. The minimum atomic E-state index is -0.603. The van der Waals surface area contributed by atoms with Crippen LogP contribution in [0.4, 0.5) is 0 Å². The van der Waals surface area contributed by atoms with E-state index in [1.54, 1.807) is 12.3 Å². The third-order valence-corrected chi connectivity index (χ3v) is 9.94. The average molecular weight is 453 g/mol. The molecule has 0 aromatic carbocycles. The smallest absolute Gasteiger partial charge is 0.305 e. The summed E-state index contributed by atoms with van der Waals surface area (Å²) in [5, 5.41) is 0. The summed E-state index contributed by atoms with van der Waals surface area (Å²) in [6, 6.07) is 2.03. The molecule has 2 aliphatic heterocycles. The molecule has 9 atom stereocenters. The summed E-state index contributed by atoms with van der Waals surface area (Å²) in [5.41, 5.74) is 2.36. The first-order chi connectivity index (χ1) is 15.7. The van der Waals surface area contributed by atoms with Crippen LogP contribution in [0.2, 0.25) is 0 Å². The summed E-state index contributed by atoms with van der Waals surface area (Å²) in [5.74, 6) is 0.00832. The van der Waals surface area contributed by atoms with Crippen molar-refractivity contribution in [3.8, 4) is 0 Å². The molecule has 2 saturated heterocycles. The molecule has 0 bridgehead atoms. The van der Waals surface area contributed by atoms with Crippen LogP contribution in [-0.4, -0.2) is 43.8 Å². The number of furan rings is 1. The van der Waals surface area contributed by atoms with Gasteiger partial charge in [-0.25, -0.2) is 0 Å². The van der Waals surface area contributed by atoms with E-state index in [4.69, 9.17) is 18.6 Å². The molecule has 3 aliphatic carbocycles. The molecule has 176 valence electrons. The van der Waals surface area contributed by atoms with Crippen molar-refractivity contribution in [2.75, 3.05) is 13.7 Å². The van der Waals surface area contributed by atoms with Gasteiger partial charge in [-0.2, -0.15) is 0 Å². The van der Waals surface area contributed by atoms with E-state index in [-0.39, 0.29) is 54.2 Å². The lowest BCUT2D eigenvalue weighted by atomic mass is 9.42. The van der Waals surface area contributed by atoms with Crippen LogP contribution < -0.4 is 0 Å². The Morgan fingerprint density at radius 2 is 2.06 bits per heavy atom. The number of allylic oxidation sites excluding steroid dienone is 3.